The molecule has 0 atom stereocenters. The van der Waals surface area contributed by atoms with Gasteiger partial charge in [-0.25, -0.2) is 0 Å². The topological polar surface area (TPSA) is 52.6 Å². The van der Waals surface area contributed by atoms with E-state index in [-0.39, 0.29) is 0 Å². The Labute approximate surface area is 73.1 Å². The Hall–Kier alpha value is -0.843. The summed E-state index contributed by atoms with van der Waals surface area (Å²) in [6.07, 6.45) is 0. The molecule has 0 aliphatic heterocycles. The summed E-state index contributed by atoms with van der Waals surface area (Å²) in [5.74, 6) is -0.872. The van der Waals surface area contributed by atoms with Crippen LogP contribution in [0.15, 0.2) is 0 Å². The van der Waals surface area contributed by atoms with Gasteiger partial charge in [0.05, 0.1) is 0 Å². The summed E-state index contributed by atoms with van der Waals surface area (Å²) < 4.78 is 9.78. The highest BCUT2D eigenvalue weighted by molar-refractivity contribution is 6.69. The Morgan fingerprint density at radius 3 is 1.75 bits per heavy atom. The number of hydrogen-bond acceptors (Lipinski definition) is 4. The minimum Gasteiger partial charge on any atom is -0.485 e. The molecule has 1 radical (unpaired) electrons. The molecule has 0 fully saturated rings. The molecule has 0 heterocycles. The van der Waals surface area contributed by atoms with Crippen LogP contribution in [-0.2, 0) is 18.4 Å². The van der Waals surface area contributed by atoms with Crippen LogP contribution in [0.5, 0.6) is 0 Å². The monoisotopic (exact) mass is 189 g/mol. The highest BCUT2D eigenvalue weighted by Crippen LogP contribution is 2.12. The van der Waals surface area contributed by atoms with Gasteiger partial charge in [-0.1, -0.05) is 0 Å². The molecule has 0 rings (SSSR count). The van der Waals surface area contributed by atoms with E-state index >= 15 is 0 Å². The van der Waals surface area contributed by atoms with E-state index in [1.165, 1.54) is 13.8 Å². The zero-order chi connectivity index (χ0) is 9.78. The second kappa shape index (κ2) is 4.25. The molecular formula is C7H13O4Si. The van der Waals surface area contributed by atoms with E-state index in [1.807, 2.05) is 0 Å². The Morgan fingerprint density at radius 2 is 1.58 bits per heavy atom. The first-order chi connectivity index (χ1) is 5.39. The predicted octanol–water partition coefficient (Wildman–Crippen LogP) is 1.02. The summed E-state index contributed by atoms with van der Waals surface area (Å²) in [5.41, 5.74) is 0. The largest absolute Gasteiger partial charge is 0.485 e. The molecule has 5 heteroatoms. The quantitative estimate of drug-likeness (QED) is 0.622. The molecule has 0 aliphatic carbocycles. The Kier molecular flexibility index (Phi) is 3.95. The molecule has 0 unspecified atom stereocenters. The fraction of sp³-hybridized carbons (Fsp3) is 0.571. The van der Waals surface area contributed by atoms with Gasteiger partial charge in [-0.2, -0.15) is 0 Å². The third-order valence-corrected chi connectivity index (χ3v) is 3.52. The summed E-state index contributed by atoms with van der Waals surface area (Å²) in [4.78, 5) is 21.2. The van der Waals surface area contributed by atoms with E-state index in [0.717, 1.165) is 0 Å². The normalized spacial score (nSPS) is 10.7. The molecule has 12 heavy (non-hydrogen) atoms. The van der Waals surface area contributed by atoms with Gasteiger partial charge in [-0.3, -0.25) is 9.59 Å². The summed E-state index contributed by atoms with van der Waals surface area (Å²) in [6.45, 7) is 7.76. The first-order valence-electron chi connectivity index (χ1n) is 3.58. The lowest BCUT2D eigenvalue weighted by Crippen LogP contribution is -2.40. The lowest BCUT2D eigenvalue weighted by molar-refractivity contribution is -0.138. The maximum absolute atomic E-state index is 10.6. The van der Waals surface area contributed by atoms with Gasteiger partial charge in [0.15, 0.2) is 0 Å². The van der Waals surface area contributed by atoms with Crippen molar-refractivity contribution in [2.24, 2.45) is 0 Å². The molecule has 0 saturated heterocycles. The van der Waals surface area contributed by atoms with Crippen LogP contribution in [0.1, 0.15) is 13.8 Å². The minimum absolute atomic E-state index is 0.326. The van der Waals surface area contributed by atoms with Gasteiger partial charge >= 0.3 is 8.56 Å². The fourth-order valence-electron chi connectivity index (χ4n) is 0.731. The van der Waals surface area contributed by atoms with Crippen LogP contribution in [-0.4, -0.2) is 20.5 Å². The fourth-order valence-corrected chi connectivity index (χ4v) is 2.19. The van der Waals surface area contributed by atoms with Gasteiger partial charge in [0.1, 0.15) is 0 Å². The van der Waals surface area contributed by atoms with Crippen molar-refractivity contribution < 1.29 is 18.4 Å². The molecule has 0 saturated carbocycles. The van der Waals surface area contributed by atoms with Gasteiger partial charge in [-0.15, -0.1) is 0 Å². The first-order valence-corrected chi connectivity index (χ1v) is 6.10. The van der Waals surface area contributed by atoms with E-state index in [9.17, 15) is 9.59 Å². The smallest absolute Gasteiger partial charge is 0.461 e. The summed E-state index contributed by atoms with van der Waals surface area (Å²) in [5, 5.41) is 0. The van der Waals surface area contributed by atoms with Crippen molar-refractivity contribution in [2.75, 3.05) is 0 Å². The third-order valence-electron chi connectivity index (χ3n) is 1.17. The molecule has 4 nitrogen and oxygen atoms in total. The minimum atomic E-state index is -2.66. The van der Waals surface area contributed by atoms with E-state index in [4.69, 9.17) is 8.85 Å². The average Bonchev–Trinajstić information content (AvgIpc) is 1.83. The SMILES string of the molecule is [CH2]C[Si](C)(OC(C)=O)OC(C)=O. The van der Waals surface area contributed by atoms with Crippen LogP contribution in [0.25, 0.3) is 0 Å². The van der Waals surface area contributed by atoms with Crippen LogP contribution in [0.2, 0.25) is 12.6 Å². The third kappa shape index (κ3) is 4.12. The van der Waals surface area contributed by atoms with Gasteiger partial charge in [0.2, 0.25) is 0 Å². The maximum atomic E-state index is 10.6. The highest BCUT2D eigenvalue weighted by atomic mass is 28.4. The first kappa shape index (κ1) is 11.2. The summed E-state index contributed by atoms with van der Waals surface area (Å²) in [7, 11) is -2.66. The molecule has 0 N–H and O–H groups in total. The molecule has 0 spiro atoms. The summed E-state index contributed by atoms with van der Waals surface area (Å²) >= 11 is 0. The lowest BCUT2D eigenvalue weighted by atomic mass is 10.9. The predicted molar refractivity (Wildman–Crippen MR) is 45.3 cm³/mol. The Balaban J connectivity index is 4.23. The lowest BCUT2D eigenvalue weighted by Gasteiger charge is -2.22. The van der Waals surface area contributed by atoms with Crippen molar-refractivity contribution in [2.45, 2.75) is 26.4 Å². The maximum Gasteiger partial charge on any atom is 0.461 e. The number of carbonyl (C=O) groups is 2. The van der Waals surface area contributed by atoms with E-state index < -0.39 is 20.5 Å². The van der Waals surface area contributed by atoms with Crippen LogP contribution in [0.3, 0.4) is 0 Å². The van der Waals surface area contributed by atoms with Crippen molar-refractivity contribution in [1.82, 2.24) is 0 Å². The van der Waals surface area contributed by atoms with Crippen LogP contribution in [0.4, 0.5) is 0 Å². The van der Waals surface area contributed by atoms with E-state index in [2.05, 4.69) is 6.92 Å². The average molecular weight is 189 g/mol. The van der Waals surface area contributed by atoms with E-state index in [1.54, 1.807) is 6.55 Å². The number of rotatable bonds is 3. The van der Waals surface area contributed by atoms with Crippen LogP contribution >= 0.6 is 0 Å². The molecule has 0 aliphatic rings. The molecule has 0 amide bonds. The molecule has 0 bridgehead atoms. The van der Waals surface area contributed by atoms with Gasteiger partial charge < -0.3 is 8.85 Å². The van der Waals surface area contributed by atoms with E-state index in [0.29, 0.717) is 6.04 Å². The van der Waals surface area contributed by atoms with Crippen molar-refractivity contribution in [3.05, 3.63) is 6.92 Å². The van der Waals surface area contributed by atoms with Gasteiger partial charge in [0, 0.05) is 26.4 Å². The van der Waals surface area contributed by atoms with Gasteiger partial charge in [-0.05, 0) is 6.92 Å². The standard InChI is InChI=1S/C7H13O4Si/c1-5-12(4,10-6(2)8)11-7(3)9/h1,5H2,2-4H3. The van der Waals surface area contributed by atoms with Crippen molar-refractivity contribution in [3.63, 3.8) is 0 Å². The summed E-state index contributed by atoms with van der Waals surface area (Å²) in [6, 6.07) is 0.326. The van der Waals surface area contributed by atoms with Crippen molar-refractivity contribution >= 4 is 20.5 Å². The highest BCUT2D eigenvalue weighted by Gasteiger charge is 2.35. The zero-order valence-corrected chi connectivity index (χ0v) is 8.55. The van der Waals surface area contributed by atoms with Crippen molar-refractivity contribution in [3.8, 4) is 0 Å². The zero-order valence-electron chi connectivity index (χ0n) is 7.55. The Bertz CT molecular complexity index is 174. The second-order valence-corrected chi connectivity index (χ2v) is 5.75. The molecular weight excluding hydrogens is 176 g/mol. The molecule has 0 aromatic heterocycles. The molecule has 69 valence electrons. The molecule has 0 aromatic rings. The second-order valence-electron chi connectivity index (χ2n) is 2.57. The van der Waals surface area contributed by atoms with Crippen LogP contribution in [0, 0.1) is 6.92 Å². The van der Waals surface area contributed by atoms with Crippen LogP contribution < -0.4 is 0 Å². The van der Waals surface area contributed by atoms with Crippen molar-refractivity contribution in [1.29, 1.82) is 0 Å². The number of hydrogen-bond donors (Lipinski definition) is 0. The molecule has 0 aromatic carbocycles. The van der Waals surface area contributed by atoms with Gasteiger partial charge in [0.25, 0.3) is 11.9 Å². The Morgan fingerprint density at radius 1 is 1.25 bits per heavy atom. The number of carbonyl (C=O) groups excluding carboxylic acids is 2.